The van der Waals surface area contributed by atoms with Gasteiger partial charge in [-0.2, -0.15) is 0 Å². The first kappa shape index (κ1) is 14.4. The first-order valence-corrected chi connectivity index (χ1v) is 8.43. The molecule has 5 heteroatoms. The second-order valence-electron chi connectivity index (χ2n) is 5.94. The van der Waals surface area contributed by atoms with Crippen LogP contribution < -0.4 is 5.73 Å². The lowest BCUT2D eigenvalue weighted by molar-refractivity contribution is 0.112. The van der Waals surface area contributed by atoms with Gasteiger partial charge in [-0.3, -0.25) is 4.79 Å². The number of nitrogens with zero attached hydrogens (tertiary/aromatic N) is 2. The predicted molar refractivity (Wildman–Crippen MR) is 94.9 cm³/mol. The number of likely N-dealkylation sites (N-methyl/N-ethyl adjacent to an activating group) is 1. The maximum Gasteiger partial charge on any atom is 0.162 e. The minimum Gasteiger partial charge on any atom is -0.397 e. The molecule has 3 heterocycles. The number of thiophene rings is 1. The van der Waals surface area contributed by atoms with E-state index >= 15 is 0 Å². The first-order valence-electron chi connectivity index (χ1n) is 7.62. The quantitative estimate of drug-likeness (QED) is 0.735. The van der Waals surface area contributed by atoms with Crippen LogP contribution in [0.2, 0.25) is 0 Å². The number of anilines is 1. The van der Waals surface area contributed by atoms with Gasteiger partial charge in [0.2, 0.25) is 0 Å². The zero-order chi connectivity index (χ0) is 16.0. The Hall–Kier alpha value is -2.24. The normalized spacial score (nSPS) is 14.8. The second kappa shape index (κ2) is 5.44. The summed E-state index contributed by atoms with van der Waals surface area (Å²) in [5.74, 6) is 0. The van der Waals surface area contributed by atoms with E-state index in [1.807, 2.05) is 18.2 Å². The molecule has 0 spiro atoms. The summed E-state index contributed by atoms with van der Waals surface area (Å²) in [6.07, 6.45) is 1.76. The summed E-state index contributed by atoms with van der Waals surface area (Å²) in [6.45, 7) is 1.86. The molecule has 2 N–H and O–H groups in total. The molecule has 1 aliphatic rings. The lowest BCUT2D eigenvalue weighted by Gasteiger charge is -2.27. The van der Waals surface area contributed by atoms with Crippen LogP contribution in [0.25, 0.3) is 21.3 Å². The maximum atomic E-state index is 11.3. The molecule has 0 bridgehead atoms. The zero-order valence-electron chi connectivity index (χ0n) is 12.9. The molecule has 0 fully saturated rings. The van der Waals surface area contributed by atoms with Gasteiger partial charge in [-0.15, -0.1) is 11.3 Å². The summed E-state index contributed by atoms with van der Waals surface area (Å²) in [7, 11) is 2.12. The van der Waals surface area contributed by atoms with E-state index in [2.05, 4.69) is 24.1 Å². The number of nitrogens with two attached hydrogens (primary N) is 1. The summed E-state index contributed by atoms with van der Waals surface area (Å²) in [4.78, 5) is 19.9. The van der Waals surface area contributed by atoms with Crippen LogP contribution in [0.3, 0.4) is 0 Å². The molecule has 0 saturated heterocycles. The number of benzene rings is 1. The molecular weight excluding hydrogens is 306 g/mol. The number of aldehydes is 1. The van der Waals surface area contributed by atoms with Crippen LogP contribution >= 0.6 is 11.3 Å². The molecule has 0 atom stereocenters. The fourth-order valence-electron chi connectivity index (χ4n) is 3.29. The van der Waals surface area contributed by atoms with Crippen LogP contribution in [0.5, 0.6) is 0 Å². The van der Waals surface area contributed by atoms with Crippen molar-refractivity contribution in [2.24, 2.45) is 0 Å². The maximum absolute atomic E-state index is 11.3. The minimum atomic E-state index is 0.558. The highest BCUT2D eigenvalue weighted by Gasteiger charge is 2.24. The fourth-order valence-corrected chi connectivity index (χ4v) is 4.23. The predicted octanol–water partition coefficient (Wildman–Crippen LogP) is 3.35. The van der Waals surface area contributed by atoms with Crippen LogP contribution in [0.4, 0.5) is 5.69 Å². The van der Waals surface area contributed by atoms with E-state index in [9.17, 15) is 4.79 Å². The number of pyridine rings is 1. The number of carbonyl (C=O) groups excluding carboxylic acids is 1. The van der Waals surface area contributed by atoms with E-state index in [0.29, 0.717) is 10.6 Å². The van der Waals surface area contributed by atoms with Crippen LogP contribution in [-0.4, -0.2) is 29.8 Å². The Bertz CT molecular complexity index is 902. The standard InChI is InChI=1S/C18H17N3OS/c1-21-8-7-13-12(9-21)15(11-5-3-2-4-6-11)16-17(19)14(10-22)23-18(16)20-13/h2-6,10H,7-9,19H2,1H3. The van der Waals surface area contributed by atoms with Crippen molar-refractivity contribution in [3.05, 3.63) is 46.5 Å². The van der Waals surface area contributed by atoms with Gasteiger partial charge in [0.25, 0.3) is 0 Å². The van der Waals surface area contributed by atoms with Gasteiger partial charge in [-0.05, 0) is 18.2 Å². The van der Waals surface area contributed by atoms with Gasteiger partial charge < -0.3 is 10.6 Å². The third-order valence-corrected chi connectivity index (χ3v) is 5.44. The van der Waals surface area contributed by atoms with E-state index in [0.717, 1.165) is 52.8 Å². The lowest BCUT2D eigenvalue weighted by Crippen LogP contribution is -2.27. The Morgan fingerprint density at radius 2 is 2.09 bits per heavy atom. The Morgan fingerprint density at radius 3 is 2.83 bits per heavy atom. The molecular formula is C18H17N3OS. The van der Waals surface area contributed by atoms with Crippen molar-refractivity contribution in [2.75, 3.05) is 19.3 Å². The van der Waals surface area contributed by atoms with Gasteiger partial charge in [-0.1, -0.05) is 30.3 Å². The molecule has 4 rings (SSSR count). The summed E-state index contributed by atoms with van der Waals surface area (Å²) in [5.41, 5.74) is 11.5. The summed E-state index contributed by atoms with van der Waals surface area (Å²) < 4.78 is 0. The summed E-state index contributed by atoms with van der Waals surface area (Å²) in [5, 5.41) is 0.928. The molecule has 0 amide bonds. The first-order chi connectivity index (χ1) is 11.2. The number of fused-ring (bicyclic) bond motifs is 2. The molecule has 2 aromatic heterocycles. The number of nitrogen functional groups attached to an aromatic ring is 1. The molecule has 0 aliphatic carbocycles. The van der Waals surface area contributed by atoms with E-state index in [1.54, 1.807) is 0 Å². The van der Waals surface area contributed by atoms with E-state index in [1.165, 1.54) is 16.9 Å². The van der Waals surface area contributed by atoms with Crippen molar-refractivity contribution in [2.45, 2.75) is 13.0 Å². The number of hydrogen-bond acceptors (Lipinski definition) is 5. The van der Waals surface area contributed by atoms with Gasteiger partial charge in [0.1, 0.15) is 4.83 Å². The fraction of sp³-hybridized carbons (Fsp3) is 0.222. The van der Waals surface area contributed by atoms with Gasteiger partial charge in [0.15, 0.2) is 6.29 Å². The highest BCUT2D eigenvalue weighted by molar-refractivity contribution is 7.21. The SMILES string of the molecule is CN1CCc2nc3sc(C=O)c(N)c3c(-c3ccccc3)c2C1. The smallest absolute Gasteiger partial charge is 0.162 e. The lowest BCUT2D eigenvalue weighted by atomic mass is 9.92. The highest BCUT2D eigenvalue weighted by atomic mass is 32.1. The highest BCUT2D eigenvalue weighted by Crippen LogP contribution is 2.42. The van der Waals surface area contributed by atoms with Gasteiger partial charge >= 0.3 is 0 Å². The van der Waals surface area contributed by atoms with Gasteiger partial charge in [0, 0.05) is 36.2 Å². The molecule has 0 saturated carbocycles. The number of aromatic nitrogens is 1. The Balaban J connectivity index is 2.12. The molecule has 0 radical (unpaired) electrons. The molecule has 0 unspecified atom stereocenters. The van der Waals surface area contributed by atoms with E-state index in [4.69, 9.17) is 10.7 Å². The molecule has 4 nitrogen and oxygen atoms in total. The Labute approximate surface area is 138 Å². The largest absolute Gasteiger partial charge is 0.397 e. The number of carbonyl (C=O) groups is 1. The van der Waals surface area contributed by atoms with Crippen molar-refractivity contribution >= 4 is 33.5 Å². The molecule has 1 aromatic carbocycles. The molecule has 116 valence electrons. The topological polar surface area (TPSA) is 59.2 Å². The van der Waals surface area contributed by atoms with E-state index < -0.39 is 0 Å². The number of hydrogen-bond donors (Lipinski definition) is 1. The second-order valence-corrected chi connectivity index (χ2v) is 6.97. The van der Waals surface area contributed by atoms with E-state index in [-0.39, 0.29) is 0 Å². The number of rotatable bonds is 2. The van der Waals surface area contributed by atoms with Crippen molar-refractivity contribution in [1.29, 1.82) is 0 Å². The van der Waals surface area contributed by atoms with Crippen LogP contribution in [0.1, 0.15) is 20.9 Å². The molecule has 1 aliphatic heterocycles. The Morgan fingerprint density at radius 1 is 1.30 bits per heavy atom. The summed E-state index contributed by atoms with van der Waals surface area (Å²) in [6, 6.07) is 10.3. The van der Waals surface area contributed by atoms with Gasteiger partial charge in [0.05, 0.1) is 10.6 Å². The zero-order valence-corrected chi connectivity index (χ0v) is 13.7. The van der Waals surface area contributed by atoms with Crippen molar-refractivity contribution in [3.8, 4) is 11.1 Å². The Kier molecular flexibility index (Phi) is 3.39. The third kappa shape index (κ3) is 2.24. The van der Waals surface area contributed by atoms with Crippen molar-refractivity contribution in [1.82, 2.24) is 9.88 Å². The average molecular weight is 323 g/mol. The van der Waals surface area contributed by atoms with Crippen molar-refractivity contribution in [3.63, 3.8) is 0 Å². The molecule has 23 heavy (non-hydrogen) atoms. The average Bonchev–Trinajstić information content (AvgIpc) is 2.89. The third-order valence-electron chi connectivity index (χ3n) is 4.42. The van der Waals surface area contributed by atoms with Crippen LogP contribution in [-0.2, 0) is 13.0 Å². The molecule has 3 aromatic rings. The van der Waals surface area contributed by atoms with Gasteiger partial charge in [-0.25, -0.2) is 4.98 Å². The van der Waals surface area contributed by atoms with Crippen LogP contribution in [0.15, 0.2) is 30.3 Å². The van der Waals surface area contributed by atoms with Crippen LogP contribution in [0, 0.1) is 0 Å². The minimum absolute atomic E-state index is 0.558. The summed E-state index contributed by atoms with van der Waals surface area (Å²) >= 11 is 1.39. The monoisotopic (exact) mass is 323 g/mol. The van der Waals surface area contributed by atoms with Crippen molar-refractivity contribution < 1.29 is 4.79 Å².